The molecule has 2 aromatic heterocycles. The number of aryl methyl sites for hydroxylation is 1. The van der Waals surface area contributed by atoms with E-state index in [1.807, 2.05) is 54.6 Å². The quantitative estimate of drug-likeness (QED) is 0.150. The third-order valence-electron chi connectivity index (χ3n) is 8.95. The van der Waals surface area contributed by atoms with E-state index < -0.39 is 0 Å². The predicted molar refractivity (Wildman–Crippen MR) is 206 cm³/mol. The van der Waals surface area contributed by atoms with Gasteiger partial charge >= 0.3 is 0 Å². The van der Waals surface area contributed by atoms with Crippen LogP contribution in [0.2, 0.25) is 0 Å². The van der Waals surface area contributed by atoms with Gasteiger partial charge in [0.1, 0.15) is 17.3 Å². The molecule has 0 aliphatic carbocycles. The van der Waals surface area contributed by atoms with Crippen LogP contribution in [0, 0.1) is 12.3 Å². The SMILES string of the molecule is Cc1ccc2ccccc2c1.N=C(N=C(N)c1ccc2ccccc2c1)c1cccc(-n2c3ccccc3c3c4ccccc4ccc32)n1. The zero-order chi connectivity index (χ0) is 33.3. The summed E-state index contributed by atoms with van der Waals surface area (Å²) in [5.41, 5.74) is 11.0. The second-order valence-electron chi connectivity index (χ2n) is 12.2. The van der Waals surface area contributed by atoms with Crippen molar-refractivity contribution in [3.05, 3.63) is 181 Å². The number of rotatable bonds is 3. The first-order chi connectivity index (χ1) is 24.0. The van der Waals surface area contributed by atoms with Gasteiger partial charge in [0.15, 0.2) is 5.84 Å². The molecule has 234 valence electrons. The van der Waals surface area contributed by atoms with Crippen LogP contribution in [-0.4, -0.2) is 21.2 Å². The summed E-state index contributed by atoms with van der Waals surface area (Å²) in [6, 6.07) is 55.7. The molecule has 0 radical (unpaired) electrons. The Labute approximate surface area is 284 Å². The maximum atomic E-state index is 8.69. The van der Waals surface area contributed by atoms with Crippen molar-refractivity contribution in [2.75, 3.05) is 0 Å². The molecule has 0 saturated heterocycles. The second kappa shape index (κ2) is 12.5. The third-order valence-corrected chi connectivity index (χ3v) is 8.95. The van der Waals surface area contributed by atoms with Gasteiger partial charge in [0, 0.05) is 16.3 Å². The van der Waals surface area contributed by atoms with E-state index in [0.29, 0.717) is 5.69 Å². The normalized spacial score (nSPS) is 11.7. The van der Waals surface area contributed by atoms with Gasteiger partial charge in [0.2, 0.25) is 0 Å². The number of aromatic nitrogens is 2. The summed E-state index contributed by atoms with van der Waals surface area (Å²) in [6.45, 7) is 2.12. The Morgan fingerprint density at radius 2 is 1.18 bits per heavy atom. The number of fused-ring (bicyclic) bond motifs is 7. The highest BCUT2D eigenvalue weighted by Crippen LogP contribution is 2.36. The molecular weight excluding hydrogens is 599 g/mol. The van der Waals surface area contributed by atoms with Crippen molar-refractivity contribution < 1.29 is 0 Å². The first-order valence-corrected chi connectivity index (χ1v) is 16.3. The highest BCUT2D eigenvalue weighted by Gasteiger charge is 2.16. The summed E-state index contributed by atoms with van der Waals surface area (Å²) in [4.78, 5) is 9.29. The molecule has 0 saturated carbocycles. The number of aliphatic imine (C=N–C) groups is 1. The minimum atomic E-state index is 0.0173. The van der Waals surface area contributed by atoms with E-state index in [2.05, 4.69) is 120 Å². The van der Waals surface area contributed by atoms with Crippen LogP contribution in [0.1, 0.15) is 16.8 Å². The maximum Gasteiger partial charge on any atom is 0.172 e. The average molecular weight is 632 g/mol. The largest absolute Gasteiger partial charge is 0.383 e. The van der Waals surface area contributed by atoms with Gasteiger partial charge in [0.25, 0.3) is 0 Å². The van der Waals surface area contributed by atoms with Crippen molar-refractivity contribution in [3.8, 4) is 5.82 Å². The lowest BCUT2D eigenvalue weighted by Crippen LogP contribution is -2.16. The summed E-state index contributed by atoms with van der Waals surface area (Å²) in [6.07, 6.45) is 0. The van der Waals surface area contributed by atoms with Crippen molar-refractivity contribution in [1.82, 2.24) is 9.55 Å². The number of para-hydroxylation sites is 1. The van der Waals surface area contributed by atoms with E-state index in [-0.39, 0.29) is 11.7 Å². The standard InChI is InChI=1S/C33H23N5.C11H10/c34-32(24-17-16-21-8-1-2-10-23(21)20-24)37-33(35)27-13-7-15-30(36-27)38-28-14-6-5-12-26(28)31-25-11-4-3-9-22(25)18-19-29(31)38;1-9-6-7-10-4-2-3-5-11(10)8-9/h1-20H,(H3,34,35,37);2-8H,1H3. The molecule has 0 atom stereocenters. The summed E-state index contributed by atoms with van der Waals surface area (Å²) < 4.78 is 2.16. The molecular formula is C44H33N5. The fraction of sp³-hybridized carbons (Fsp3) is 0.0227. The lowest BCUT2D eigenvalue weighted by molar-refractivity contribution is 1.07. The molecule has 3 N–H and O–H groups in total. The van der Waals surface area contributed by atoms with Crippen LogP contribution in [-0.2, 0) is 0 Å². The van der Waals surface area contributed by atoms with Crippen LogP contribution in [0.5, 0.6) is 0 Å². The van der Waals surface area contributed by atoms with Crippen molar-refractivity contribution in [2.45, 2.75) is 6.92 Å². The van der Waals surface area contributed by atoms with Crippen LogP contribution in [0.15, 0.2) is 169 Å². The summed E-state index contributed by atoms with van der Waals surface area (Å²) in [7, 11) is 0. The van der Waals surface area contributed by atoms with Crippen LogP contribution in [0.3, 0.4) is 0 Å². The second-order valence-corrected chi connectivity index (χ2v) is 12.2. The zero-order valence-electron chi connectivity index (χ0n) is 27.0. The van der Waals surface area contributed by atoms with Crippen molar-refractivity contribution in [2.24, 2.45) is 10.7 Å². The van der Waals surface area contributed by atoms with E-state index in [9.17, 15) is 0 Å². The van der Waals surface area contributed by atoms with Crippen molar-refractivity contribution >= 4 is 65.8 Å². The van der Waals surface area contributed by atoms with Gasteiger partial charge in [-0.2, -0.15) is 0 Å². The first kappa shape index (κ1) is 29.8. The third kappa shape index (κ3) is 5.68. The Morgan fingerprint density at radius 3 is 1.96 bits per heavy atom. The molecule has 0 aliphatic heterocycles. The fourth-order valence-corrected chi connectivity index (χ4v) is 6.57. The molecule has 0 amide bonds. The van der Waals surface area contributed by atoms with Crippen LogP contribution in [0.4, 0.5) is 0 Å². The number of nitrogens with two attached hydrogens (primary N) is 1. The molecule has 0 fully saturated rings. The predicted octanol–water partition coefficient (Wildman–Crippen LogP) is 10.4. The highest BCUT2D eigenvalue weighted by molar-refractivity contribution is 6.21. The monoisotopic (exact) mass is 631 g/mol. The Balaban J connectivity index is 0.000000269. The molecule has 49 heavy (non-hydrogen) atoms. The Morgan fingerprint density at radius 1 is 0.571 bits per heavy atom. The number of hydrogen-bond donors (Lipinski definition) is 2. The minimum absolute atomic E-state index is 0.0173. The number of nitrogens with one attached hydrogen (secondary N) is 1. The summed E-state index contributed by atoms with van der Waals surface area (Å²) in [5, 5.41) is 18.3. The molecule has 7 aromatic carbocycles. The van der Waals surface area contributed by atoms with Gasteiger partial charge in [0.05, 0.1) is 11.0 Å². The highest BCUT2D eigenvalue weighted by atomic mass is 15.1. The van der Waals surface area contributed by atoms with E-state index in [0.717, 1.165) is 33.2 Å². The number of hydrogen-bond acceptors (Lipinski definition) is 2. The molecule has 2 heterocycles. The summed E-state index contributed by atoms with van der Waals surface area (Å²) >= 11 is 0. The number of nitrogens with zero attached hydrogens (tertiary/aromatic N) is 3. The van der Waals surface area contributed by atoms with Gasteiger partial charge in [-0.15, -0.1) is 0 Å². The van der Waals surface area contributed by atoms with E-state index in [1.54, 1.807) is 6.07 Å². The van der Waals surface area contributed by atoms with E-state index >= 15 is 0 Å². The molecule has 0 unspecified atom stereocenters. The minimum Gasteiger partial charge on any atom is -0.383 e. The van der Waals surface area contributed by atoms with Gasteiger partial charge in [-0.25, -0.2) is 9.98 Å². The molecule has 5 nitrogen and oxygen atoms in total. The van der Waals surface area contributed by atoms with Gasteiger partial charge in [-0.3, -0.25) is 9.98 Å². The van der Waals surface area contributed by atoms with Crippen molar-refractivity contribution in [1.29, 1.82) is 5.41 Å². The Hall–Kier alpha value is -6.59. The van der Waals surface area contributed by atoms with Gasteiger partial charge < -0.3 is 5.73 Å². The number of amidine groups is 2. The zero-order valence-corrected chi connectivity index (χ0v) is 27.0. The van der Waals surface area contributed by atoms with E-state index in [4.69, 9.17) is 16.1 Å². The van der Waals surface area contributed by atoms with Gasteiger partial charge in [-0.1, -0.05) is 139 Å². The van der Waals surface area contributed by atoms with Gasteiger partial charge in [-0.05, 0) is 69.6 Å². The first-order valence-electron chi connectivity index (χ1n) is 16.3. The smallest absolute Gasteiger partial charge is 0.172 e. The topological polar surface area (TPSA) is 80.0 Å². The Kier molecular flexibility index (Phi) is 7.63. The lowest BCUT2D eigenvalue weighted by atomic mass is 10.0. The summed E-state index contributed by atoms with van der Waals surface area (Å²) in [5.74, 6) is 1.04. The fourth-order valence-electron chi connectivity index (χ4n) is 6.57. The van der Waals surface area contributed by atoms with Crippen LogP contribution < -0.4 is 5.73 Å². The molecule has 0 aliphatic rings. The van der Waals surface area contributed by atoms with Crippen LogP contribution >= 0.6 is 0 Å². The number of benzene rings is 7. The maximum absolute atomic E-state index is 8.69. The molecule has 0 spiro atoms. The molecule has 0 bridgehead atoms. The lowest BCUT2D eigenvalue weighted by Gasteiger charge is -2.09. The molecule has 5 heteroatoms. The average Bonchev–Trinajstić information content (AvgIpc) is 3.50. The Bertz CT molecular complexity index is 2720. The van der Waals surface area contributed by atoms with E-state index in [1.165, 1.54) is 37.9 Å². The van der Waals surface area contributed by atoms with Crippen LogP contribution in [0.25, 0.3) is 59.9 Å². The number of pyridine rings is 1. The van der Waals surface area contributed by atoms with Crippen molar-refractivity contribution in [3.63, 3.8) is 0 Å². The molecule has 9 aromatic rings. The molecule has 9 rings (SSSR count).